The minimum Gasteiger partial charge on any atom is -0.372 e. The summed E-state index contributed by atoms with van der Waals surface area (Å²) in [5.41, 5.74) is 0.695. The summed E-state index contributed by atoms with van der Waals surface area (Å²) >= 11 is 0. The van der Waals surface area contributed by atoms with E-state index in [1.807, 2.05) is 9.80 Å². The molecule has 0 bridgehead atoms. The van der Waals surface area contributed by atoms with Gasteiger partial charge >= 0.3 is 12.2 Å². The van der Waals surface area contributed by atoms with Crippen LogP contribution in [0.2, 0.25) is 0 Å². The van der Waals surface area contributed by atoms with Crippen molar-refractivity contribution in [2.75, 3.05) is 55.1 Å². The Morgan fingerprint density at radius 3 is 2.44 bits per heavy atom. The Kier molecular flexibility index (Phi) is 6.81. The zero-order chi connectivity index (χ0) is 24.5. The number of carbonyl (C=O) groups is 1. The molecule has 2 aromatic rings. The van der Waals surface area contributed by atoms with Gasteiger partial charge in [0.25, 0.3) is 0 Å². The maximum Gasteiger partial charge on any atom is 0.416 e. The summed E-state index contributed by atoms with van der Waals surface area (Å²) in [5.74, 6) is 3.50. The number of benzene rings is 1. The molecular weight excluding hydrogens is 469 g/mol. The lowest BCUT2D eigenvalue weighted by Crippen LogP contribution is -2.49. The summed E-state index contributed by atoms with van der Waals surface area (Å²) in [4.78, 5) is 18.3. The van der Waals surface area contributed by atoms with Gasteiger partial charge in [-0.2, -0.15) is 23.0 Å². The van der Waals surface area contributed by atoms with Crippen molar-refractivity contribution in [3.63, 3.8) is 0 Å². The highest BCUT2D eigenvalue weighted by Gasteiger charge is 2.35. The Bertz CT molecular complexity index is 1130. The third kappa shape index (κ3) is 5.84. The lowest BCUT2D eigenvalue weighted by atomic mass is 10.0. The maximum absolute atomic E-state index is 13.8. The smallest absolute Gasteiger partial charge is 0.372 e. The zero-order valence-corrected chi connectivity index (χ0v) is 19.9. The number of hydrogen-bond acceptors (Lipinski definition) is 5. The molecule has 2 aliphatic heterocycles. The van der Waals surface area contributed by atoms with Gasteiger partial charge in [0.2, 0.25) is 0 Å². The average Bonchev–Trinajstić information content (AvgIpc) is 3.45. The van der Waals surface area contributed by atoms with Crippen molar-refractivity contribution in [2.45, 2.75) is 25.6 Å². The van der Waals surface area contributed by atoms with Gasteiger partial charge < -0.3 is 14.5 Å². The highest BCUT2D eigenvalue weighted by molar-refractivity contribution is 8.00. The Morgan fingerprint density at radius 1 is 1.15 bits per heavy atom. The van der Waals surface area contributed by atoms with Crippen LogP contribution in [-0.4, -0.2) is 81.2 Å². The van der Waals surface area contributed by atoms with Crippen molar-refractivity contribution >= 4 is 33.0 Å². The fourth-order valence-corrected chi connectivity index (χ4v) is 4.95. The van der Waals surface area contributed by atoms with Gasteiger partial charge in [0, 0.05) is 67.5 Å². The van der Waals surface area contributed by atoms with Gasteiger partial charge in [0.1, 0.15) is 0 Å². The second kappa shape index (κ2) is 9.49. The van der Waals surface area contributed by atoms with E-state index in [1.54, 1.807) is 17.0 Å². The van der Waals surface area contributed by atoms with Crippen molar-refractivity contribution in [1.29, 1.82) is 0 Å². The summed E-state index contributed by atoms with van der Waals surface area (Å²) in [6.45, 7) is 3.38. The molecule has 1 amide bonds. The zero-order valence-electron chi connectivity index (χ0n) is 19.1. The Labute approximate surface area is 197 Å². The van der Waals surface area contributed by atoms with Gasteiger partial charge in [-0.25, -0.2) is 9.00 Å². The lowest BCUT2D eigenvalue weighted by molar-refractivity contribution is -0.138. The summed E-state index contributed by atoms with van der Waals surface area (Å²) in [6, 6.07) is 4.29. The van der Waals surface area contributed by atoms with E-state index in [0.717, 1.165) is 30.6 Å². The molecule has 2 fully saturated rings. The van der Waals surface area contributed by atoms with E-state index in [1.165, 1.54) is 24.7 Å². The minimum absolute atomic E-state index is 0.168. The number of anilines is 2. The SMILES string of the molecule is C=S(C)(=O)Nc1cnn(C(=O)N2CCN(Cc3ccc(N4CCCC4)cc3C(F)(F)F)CC2)c1. The summed E-state index contributed by atoms with van der Waals surface area (Å²) in [7, 11) is -2.49. The normalized spacial score (nSPS) is 19.3. The first-order valence-electron chi connectivity index (χ1n) is 11.1. The summed E-state index contributed by atoms with van der Waals surface area (Å²) < 4.78 is 57.0. The molecule has 1 aromatic carbocycles. The van der Waals surface area contributed by atoms with E-state index in [9.17, 15) is 22.2 Å². The van der Waals surface area contributed by atoms with Crippen molar-refractivity contribution in [1.82, 2.24) is 19.6 Å². The van der Waals surface area contributed by atoms with Gasteiger partial charge in [-0.05, 0) is 36.4 Å². The van der Waals surface area contributed by atoms with E-state index < -0.39 is 21.4 Å². The van der Waals surface area contributed by atoms with E-state index in [-0.39, 0.29) is 18.1 Å². The molecule has 0 spiro atoms. The summed E-state index contributed by atoms with van der Waals surface area (Å²) in [6.07, 6.45) is 1.85. The molecule has 0 radical (unpaired) electrons. The number of amides is 1. The van der Waals surface area contributed by atoms with Crippen molar-refractivity contribution in [3.8, 4) is 0 Å². The quantitative estimate of drug-likeness (QED) is 0.642. The highest BCUT2D eigenvalue weighted by atomic mass is 32.2. The molecule has 12 heteroatoms. The van der Waals surface area contributed by atoms with Crippen LogP contribution in [0.4, 0.5) is 29.3 Å². The maximum atomic E-state index is 13.8. The third-order valence-electron chi connectivity index (χ3n) is 6.02. The highest BCUT2D eigenvalue weighted by Crippen LogP contribution is 2.36. The number of piperazine rings is 1. The average molecular weight is 499 g/mol. The molecule has 1 N–H and O–H groups in total. The molecule has 3 heterocycles. The number of hydrogen-bond donors (Lipinski definition) is 1. The Morgan fingerprint density at radius 2 is 1.82 bits per heavy atom. The van der Waals surface area contributed by atoms with Gasteiger partial charge in [-0.1, -0.05) is 6.07 Å². The standard InChI is InChI=1S/C22H29F3N6O2S/c1-34(2,33)27-18-14-26-31(16-18)21(32)30-11-9-28(10-12-30)15-17-5-6-19(29-7-3-4-8-29)13-20(17)22(23,24)25/h5-6,13-14,16H,1,3-4,7-12,15H2,2H3,(H,27,33). The molecule has 2 aliphatic rings. The van der Waals surface area contributed by atoms with E-state index >= 15 is 0 Å². The topological polar surface area (TPSA) is 73.7 Å². The lowest BCUT2D eigenvalue weighted by Gasteiger charge is -2.35. The number of halogens is 3. The van der Waals surface area contributed by atoms with Gasteiger partial charge in [0.05, 0.1) is 23.6 Å². The van der Waals surface area contributed by atoms with Crippen LogP contribution in [0.1, 0.15) is 24.0 Å². The molecule has 8 nitrogen and oxygen atoms in total. The first-order chi connectivity index (χ1) is 16.0. The fraction of sp³-hybridized carbons (Fsp3) is 0.500. The van der Waals surface area contributed by atoms with Crippen LogP contribution < -0.4 is 9.62 Å². The fourth-order valence-electron chi connectivity index (χ4n) is 4.35. The molecule has 1 aromatic heterocycles. The Hall–Kier alpha value is -2.73. The van der Waals surface area contributed by atoms with Crippen LogP contribution >= 0.6 is 0 Å². The van der Waals surface area contributed by atoms with Crippen molar-refractivity contribution in [3.05, 3.63) is 41.7 Å². The third-order valence-corrected chi connectivity index (χ3v) is 6.69. The van der Waals surface area contributed by atoms with Crippen molar-refractivity contribution < 1.29 is 22.2 Å². The number of rotatable bonds is 5. The van der Waals surface area contributed by atoms with Crippen LogP contribution in [0.5, 0.6) is 0 Å². The van der Waals surface area contributed by atoms with E-state index in [2.05, 4.69) is 15.7 Å². The second-order valence-electron chi connectivity index (χ2n) is 8.86. The number of carbonyl (C=O) groups excluding carboxylic acids is 1. The molecular formula is C22H29F3N6O2S. The predicted molar refractivity (Wildman–Crippen MR) is 128 cm³/mol. The van der Waals surface area contributed by atoms with Gasteiger partial charge in [-0.15, -0.1) is 0 Å². The molecule has 0 aliphatic carbocycles. The Balaban J connectivity index is 1.39. The van der Waals surface area contributed by atoms with Crippen LogP contribution in [0, 0.1) is 0 Å². The molecule has 4 rings (SSSR count). The molecule has 186 valence electrons. The van der Waals surface area contributed by atoms with E-state index in [0.29, 0.717) is 37.6 Å². The van der Waals surface area contributed by atoms with Gasteiger partial charge in [0.15, 0.2) is 0 Å². The van der Waals surface area contributed by atoms with Crippen molar-refractivity contribution in [2.24, 2.45) is 0 Å². The molecule has 34 heavy (non-hydrogen) atoms. The van der Waals surface area contributed by atoms with Crippen LogP contribution in [0.15, 0.2) is 30.6 Å². The molecule has 1 unspecified atom stereocenters. The second-order valence-corrected chi connectivity index (χ2v) is 11.1. The summed E-state index contributed by atoms with van der Waals surface area (Å²) in [5, 5.41) is 4.01. The predicted octanol–water partition coefficient (Wildman–Crippen LogP) is 2.96. The molecule has 2 saturated heterocycles. The van der Waals surface area contributed by atoms with Crippen LogP contribution in [0.3, 0.4) is 0 Å². The number of nitrogens with zero attached hydrogens (tertiary/aromatic N) is 5. The largest absolute Gasteiger partial charge is 0.416 e. The van der Waals surface area contributed by atoms with Crippen LogP contribution in [0.25, 0.3) is 0 Å². The molecule has 1 atom stereocenters. The monoisotopic (exact) mass is 498 g/mol. The molecule has 0 saturated carbocycles. The van der Waals surface area contributed by atoms with Gasteiger partial charge in [-0.3, -0.25) is 4.90 Å². The number of alkyl halides is 3. The van der Waals surface area contributed by atoms with Crippen LogP contribution in [-0.2, 0) is 22.4 Å². The first-order valence-corrected chi connectivity index (χ1v) is 13.2. The van der Waals surface area contributed by atoms with E-state index in [4.69, 9.17) is 0 Å². The number of aromatic nitrogens is 2. The minimum atomic E-state index is -4.43. The first kappa shape index (κ1) is 24.4. The number of nitrogens with one attached hydrogen (secondary N) is 1.